The Morgan fingerprint density at radius 1 is 0.969 bits per heavy atom. The van der Waals surface area contributed by atoms with Gasteiger partial charge >= 0.3 is 0 Å². The van der Waals surface area contributed by atoms with Crippen molar-refractivity contribution in [2.45, 2.75) is 50.3 Å². The summed E-state index contributed by atoms with van der Waals surface area (Å²) in [6.07, 6.45) is 6.14. The molecule has 0 bridgehead atoms. The van der Waals surface area contributed by atoms with Crippen LogP contribution in [0, 0.1) is 5.82 Å². The summed E-state index contributed by atoms with van der Waals surface area (Å²) in [6, 6.07) is 13.9. The molecule has 1 spiro atoms. The number of aryl methyl sites for hydroxylation is 1. The highest BCUT2D eigenvalue weighted by Gasteiger charge is 2.47. The van der Waals surface area contributed by atoms with Crippen molar-refractivity contribution >= 4 is 23.6 Å². The molecule has 2 amide bonds. The van der Waals surface area contributed by atoms with Gasteiger partial charge in [-0.05, 0) is 61.6 Å². The van der Waals surface area contributed by atoms with Crippen molar-refractivity contribution in [2.24, 2.45) is 0 Å². The van der Waals surface area contributed by atoms with Crippen molar-refractivity contribution in [3.05, 3.63) is 71.0 Å². The lowest BCUT2D eigenvalue weighted by molar-refractivity contribution is 0.0497. The second-order valence-corrected chi connectivity index (χ2v) is 10.2. The van der Waals surface area contributed by atoms with Gasteiger partial charge < -0.3 is 9.80 Å². The third-order valence-electron chi connectivity index (χ3n) is 6.60. The molecular weight excluding hydrogens is 423 g/mol. The molecule has 2 aromatic carbocycles. The van der Waals surface area contributed by atoms with Crippen LogP contribution >= 0.6 is 11.8 Å². The Morgan fingerprint density at radius 3 is 2.41 bits per heavy atom. The predicted molar refractivity (Wildman–Crippen MR) is 127 cm³/mol. The predicted octanol–water partition coefficient (Wildman–Crippen LogP) is 5.38. The molecule has 2 aromatic rings. The number of halogens is 1. The van der Waals surface area contributed by atoms with Gasteiger partial charge in [-0.1, -0.05) is 38.0 Å². The van der Waals surface area contributed by atoms with Gasteiger partial charge in [0.25, 0.3) is 11.8 Å². The molecule has 6 heteroatoms. The summed E-state index contributed by atoms with van der Waals surface area (Å²) in [4.78, 5) is 29.7. The van der Waals surface area contributed by atoms with Gasteiger partial charge in [-0.25, -0.2) is 4.39 Å². The Bertz CT molecular complexity index is 955. The van der Waals surface area contributed by atoms with Crippen LogP contribution in [0.5, 0.6) is 0 Å². The van der Waals surface area contributed by atoms with Crippen LogP contribution in [0.1, 0.15) is 65.3 Å². The van der Waals surface area contributed by atoms with Crippen molar-refractivity contribution in [2.75, 3.05) is 25.4 Å². The first-order valence-electron chi connectivity index (χ1n) is 11.6. The zero-order valence-corrected chi connectivity index (χ0v) is 19.5. The molecule has 0 radical (unpaired) electrons. The number of rotatable bonds is 6. The Hall–Kier alpha value is -2.34. The Kier molecular flexibility index (Phi) is 7.19. The highest BCUT2D eigenvalue weighted by Crippen LogP contribution is 2.44. The first-order valence-corrected chi connectivity index (χ1v) is 12.6. The van der Waals surface area contributed by atoms with Crippen LogP contribution in [0.3, 0.4) is 0 Å². The first kappa shape index (κ1) is 22.8. The molecule has 2 aliphatic rings. The minimum Gasteiger partial charge on any atom is -0.338 e. The van der Waals surface area contributed by atoms with Gasteiger partial charge in [-0.15, -0.1) is 11.8 Å². The average Bonchev–Trinajstić information content (AvgIpc) is 3.22. The number of carbonyl (C=O) groups is 2. The minimum absolute atomic E-state index is 0.0611. The SMILES string of the molecule is CCCCCc1ccc(C(=O)N2CCC3(CC2)SCCN3C(=O)c2cccc(F)c2)cc1. The van der Waals surface area contributed by atoms with E-state index in [-0.39, 0.29) is 16.7 Å². The molecule has 4 rings (SSSR count). The van der Waals surface area contributed by atoms with E-state index in [2.05, 4.69) is 19.1 Å². The molecule has 0 aromatic heterocycles. The zero-order chi connectivity index (χ0) is 22.6. The van der Waals surface area contributed by atoms with Crippen LogP contribution in [0.4, 0.5) is 4.39 Å². The Balaban J connectivity index is 1.38. The van der Waals surface area contributed by atoms with Gasteiger partial charge in [0.1, 0.15) is 5.82 Å². The summed E-state index contributed by atoms with van der Waals surface area (Å²) in [5, 5.41) is 0. The fraction of sp³-hybridized carbons (Fsp3) is 0.462. The van der Waals surface area contributed by atoms with Crippen LogP contribution in [0.25, 0.3) is 0 Å². The highest BCUT2D eigenvalue weighted by molar-refractivity contribution is 8.00. The lowest BCUT2D eigenvalue weighted by Gasteiger charge is -2.44. The number of carbonyl (C=O) groups excluding carboxylic acids is 2. The highest BCUT2D eigenvalue weighted by atomic mass is 32.2. The Labute approximate surface area is 194 Å². The van der Waals surface area contributed by atoms with Crippen LogP contribution in [-0.2, 0) is 6.42 Å². The number of unbranched alkanes of at least 4 members (excludes halogenated alkanes) is 2. The molecular formula is C26H31FN2O2S. The minimum atomic E-state index is -0.395. The van der Waals surface area contributed by atoms with Gasteiger partial charge in [0.2, 0.25) is 0 Å². The van der Waals surface area contributed by atoms with E-state index >= 15 is 0 Å². The molecule has 32 heavy (non-hydrogen) atoms. The smallest absolute Gasteiger partial charge is 0.255 e. The maximum atomic E-state index is 13.6. The monoisotopic (exact) mass is 454 g/mol. The number of hydrogen-bond acceptors (Lipinski definition) is 3. The van der Waals surface area contributed by atoms with Crippen LogP contribution < -0.4 is 0 Å². The molecule has 0 unspecified atom stereocenters. The molecule has 170 valence electrons. The topological polar surface area (TPSA) is 40.6 Å². The second-order valence-electron chi connectivity index (χ2n) is 8.71. The normalized spacial score (nSPS) is 17.7. The number of thioether (sulfide) groups is 1. The molecule has 2 heterocycles. The third kappa shape index (κ3) is 4.85. The van der Waals surface area contributed by atoms with Crippen LogP contribution in [-0.4, -0.2) is 51.9 Å². The number of nitrogens with zero attached hydrogens (tertiary/aromatic N) is 2. The summed E-state index contributed by atoms with van der Waals surface area (Å²) in [5.74, 6) is 0.418. The number of amides is 2. The van der Waals surface area contributed by atoms with Gasteiger partial charge in [-0.2, -0.15) is 0 Å². The summed E-state index contributed by atoms with van der Waals surface area (Å²) >= 11 is 1.80. The van der Waals surface area contributed by atoms with E-state index < -0.39 is 5.82 Å². The molecule has 0 atom stereocenters. The van der Waals surface area contributed by atoms with Crippen LogP contribution in [0.15, 0.2) is 48.5 Å². The van der Waals surface area contributed by atoms with E-state index in [1.807, 2.05) is 21.9 Å². The Morgan fingerprint density at radius 2 is 1.72 bits per heavy atom. The van der Waals surface area contributed by atoms with Crippen molar-refractivity contribution in [3.63, 3.8) is 0 Å². The fourth-order valence-corrected chi connectivity index (χ4v) is 6.18. The lowest BCUT2D eigenvalue weighted by atomic mass is 9.99. The van der Waals surface area contributed by atoms with E-state index in [9.17, 15) is 14.0 Å². The van der Waals surface area contributed by atoms with E-state index in [4.69, 9.17) is 0 Å². The van der Waals surface area contributed by atoms with Crippen LogP contribution in [0.2, 0.25) is 0 Å². The molecule has 4 nitrogen and oxygen atoms in total. The fourth-order valence-electron chi connectivity index (χ4n) is 4.72. The molecule has 2 saturated heterocycles. The van der Waals surface area contributed by atoms with Gasteiger partial charge in [0.05, 0.1) is 4.87 Å². The summed E-state index contributed by atoms with van der Waals surface area (Å²) in [7, 11) is 0. The van der Waals surface area contributed by atoms with E-state index in [0.29, 0.717) is 25.2 Å². The van der Waals surface area contributed by atoms with Gasteiger partial charge in [0.15, 0.2) is 0 Å². The van der Waals surface area contributed by atoms with Crippen molar-refractivity contribution in [1.82, 2.24) is 9.80 Å². The number of benzene rings is 2. The first-order chi connectivity index (χ1) is 15.5. The van der Waals surface area contributed by atoms with E-state index in [1.165, 1.54) is 37.0 Å². The van der Waals surface area contributed by atoms with Gasteiger partial charge in [-0.3, -0.25) is 9.59 Å². The number of piperidine rings is 1. The molecule has 2 aliphatic heterocycles. The lowest BCUT2D eigenvalue weighted by Crippen LogP contribution is -2.53. The number of likely N-dealkylation sites (tertiary alicyclic amines) is 1. The van der Waals surface area contributed by atoms with E-state index in [0.717, 1.165) is 30.6 Å². The summed E-state index contributed by atoms with van der Waals surface area (Å²) < 4.78 is 13.6. The maximum absolute atomic E-state index is 13.6. The summed E-state index contributed by atoms with van der Waals surface area (Å²) in [6.45, 7) is 4.10. The number of hydrogen-bond donors (Lipinski definition) is 0. The molecule has 2 fully saturated rings. The quantitative estimate of drug-likeness (QED) is 0.550. The van der Waals surface area contributed by atoms with Crippen molar-refractivity contribution in [3.8, 4) is 0 Å². The maximum Gasteiger partial charge on any atom is 0.255 e. The van der Waals surface area contributed by atoms with Crippen molar-refractivity contribution in [1.29, 1.82) is 0 Å². The third-order valence-corrected chi connectivity index (χ3v) is 8.15. The average molecular weight is 455 g/mol. The second kappa shape index (κ2) is 10.1. The largest absolute Gasteiger partial charge is 0.338 e. The van der Waals surface area contributed by atoms with Gasteiger partial charge in [0, 0.05) is 36.5 Å². The summed E-state index contributed by atoms with van der Waals surface area (Å²) in [5.41, 5.74) is 2.40. The standard InChI is InChI=1S/C26H31FN2O2S/c1-2-3-4-6-20-9-11-21(12-10-20)24(30)28-15-13-26(14-16-28)29(17-18-32-26)25(31)22-7-5-8-23(27)19-22/h5,7-12,19H,2-4,6,13-18H2,1H3. The van der Waals surface area contributed by atoms with Crippen molar-refractivity contribution < 1.29 is 14.0 Å². The molecule has 0 N–H and O–H groups in total. The molecule has 0 saturated carbocycles. The molecule has 0 aliphatic carbocycles. The van der Waals surface area contributed by atoms with E-state index in [1.54, 1.807) is 23.9 Å². The zero-order valence-electron chi connectivity index (χ0n) is 18.7.